The Morgan fingerprint density at radius 1 is 1.09 bits per heavy atom. The highest BCUT2D eigenvalue weighted by Crippen LogP contribution is 2.39. The summed E-state index contributed by atoms with van der Waals surface area (Å²) in [6.07, 6.45) is -1.79. The molecular formula is C30H38F5N7O2S. The maximum atomic E-state index is 15.8. The first kappa shape index (κ1) is 34.4. The topological polar surface area (TPSA) is 97.7 Å². The first-order valence-electron chi connectivity index (χ1n) is 14.5. The highest BCUT2D eigenvalue weighted by atomic mass is 32.1. The number of carboxylic acids is 1. The van der Waals surface area contributed by atoms with Gasteiger partial charge in [0.2, 0.25) is 5.82 Å². The van der Waals surface area contributed by atoms with Crippen LogP contribution in [0, 0.1) is 18.6 Å². The molecule has 45 heavy (non-hydrogen) atoms. The summed E-state index contributed by atoms with van der Waals surface area (Å²) in [6.45, 7) is 7.30. The van der Waals surface area contributed by atoms with E-state index >= 15 is 4.39 Å². The van der Waals surface area contributed by atoms with E-state index in [4.69, 9.17) is 5.11 Å². The number of piperazine rings is 1. The van der Waals surface area contributed by atoms with E-state index in [1.807, 2.05) is 4.90 Å². The van der Waals surface area contributed by atoms with Crippen molar-refractivity contribution in [1.29, 1.82) is 0 Å². The number of thiazole rings is 1. The Balaban J connectivity index is 0.00000461. The van der Waals surface area contributed by atoms with Gasteiger partial charge in [0.05, 0.1) is 17.7 Å². The number of nitrogens with zero attached hydrogens (tertiary/aromatic N) is 6. The molecule has 0 spiro atoms. The van der Waals surface area contributed by atoms with Crippen LogP contribution in [0.2, 0.25) is 0 Å². The van der Waals surface area contributed by atoms with Gasteiger partial charge in [-0.05, 0) is 50.9 Å². The van der Waals surface area contributed by atoms with E-state index in [1.54, 1.807) is 11.8 Å². The zero-order chi connectivity index (χ0) is 31.6. The fraction of sp³-hybridized carbons (Fsp3) is 0.533. The van der Waals surface area contributed by atoms with Gasteiger partial charge in [0.1, 0.15) is 11.6 Å². The van der Waals surface area contributed by atoms with Crippen LogP contribution >= 0.6 is 11.3 Å². The summed E-state index contributed by atoms with van der Waals surface area (Å²) in [5.41, 5.74) is -0.920. The molecule has 0 radical (unpaired) electrons. The number of hydrogen-bond acceptors (Lipinski definition) is 9. The predicted molar refractivity (Wildman–Crippen MR) is 164 cm³/mol. The van der Waals surface area contributed by atoms with Crippen molar-refractivity contribution >= 4 is 34.1 Å². The zero-order valence-corrected chi connectivity index (χ0v) is 25.2. The lowest BCUT2D eigenvalue weighted by Crippen LogP contribution is -2.47. The van der Waals surface area contributed by atoms with Gasteiger partial charge in [-0.2, -0.15) is 17.6 Å². The number of carbonyl (C=O) groups is 1. The minimum atomic E-state index is -4.74. The Kier molecular flexibility index (Phi) is 11.0. The van der Waals surface area contributed by atoms with E-state index in [0.29, 0.717) is 62.1 Å². The highest BCUT2D eigenvalue weighted by Gasteiger charge is 2.33. The molecule has 4 heterocycles. The molecule has 1 atom stereocenters. The molecule has 15 heteroatoms. The van der Waals surface area contributed by atoms with Crippen molar-refractivity contribution in [2.75, 3.05) is 49.5 Å². The molecule has 246 valence electrons. The van der Waals surface area contributed by atoms with Crippen molar-refractivity contribution in [3.63, 3.8) is 0 Å². The van der Waals surface area contributed by atoms with Gasteiger partial charge >= 0.3 is 12.1 Å². The van der Waals surface area contributed by atoms with E-state index in [-0.39, 0.29) is 41.9 Å². The maximum Gasteiger partial charge on any atom is 0.416 e. The van der Waals surface area contributed by atoms with Crippen LogP contribution in [0.1, 0.15) is 56.3 Å². The fourth-order valence-corrected chi connectivity index (χ4v) is 6.76. The Hall–Kier alpha value is -3.43. The van der Waals surface area contributed by atoms with Gasteiger partial charge in [0.25, 0.3) is 0 Å². The van der Waals surface area contributed by atoms with Crippen LogP contribution in [-0.4, -0.2) is 81.1 Å². The normalized spacial score (nSPS) is 17.8. The molecule has 5 rings (SSSR count). The number of aromatic nitrogens is 3. The maximum absolute atomic E-state index is 15.8. The Morgan fingerprint density at radius 3 is 2.49 bits per heavy atom. The van der Waals surface area contributed by atoms with Gasteiger partial charge in [-0.3, -0.25) is 14.6 Å². The minimum absolute atomic E-state index is 0. The minimum Gasteiger partial charge on any atom is -0.481 e. The molecule has 0 amide bonds. The van der Waals surface area contributed by atoms with E-state index < -0.39 is 29.3 Å². The number of aryl methyl sites for hydroxylation is 1. The molecule has 3 aromatic rings. The third-order valence-electron chi connectivity index (χ3n) is 8.00. The van der Waals surface area contributed by atoms with Crippen molar-refractivity contribution < 1.29 is 31.9 Å². The smallest absolute Gasteiger partial charge is 0.416 e. The van der Waals surface area contributed by atoms with E-state index in [2.05, 4.69) is 32.1 Å². The van der Waals surface area contributed by atoms with E-state index in [9.17, 15) is 22.4 Å². The molecule has 2 fully saturated rings. The number of likely N-dealkylation sites (tertiary alicyclic amines) is 1. The number of halogens is 5. The SMILES string of the molecule is C.CC[C@@H]1CCCN1Cc1sc(Nc2nc(C)nc(N3CCN(CCC(=O)O)CC3)c2F)nc1-c1cc(F)cc(C(F)(F)F)c1. The van der Waals surface area contributed by atoms with Crippen LogP contribution in [-0.2, 0) is 17.5 Å². The van der Waals surface area contributed by atoms with Crippen LogP contribution in [0.15, 0.2) is 18.2 Å². The van der Waals surface area contributed by atoms with Crippen LogP contribution < -0.4 is 10.2 Å². The zero-order valence-electron chi connectivity index (χ0n) is 24.4. The molecule has 0 aliphatic carbocycles. The average molecular weight is 656 g/mol. The quantitative estimate of drug-likeness (QED) is 0.236. The van der Waals surface area contributed by atoms with Crippen molar-refractivity contribution in [1.82, 2.24) is 24.8 Å². The Labute approximate surface area is 263 Å². The van der Waals surface area contributed by atoms with E-state index in [0.717, 1.165) is 37.9 Å². The average Bonchev–Trinajstić information content (AvgIpc) is 3.59. The number of carboxylic acid groups (broad SMARTS) is 1. The Bertz CT molecular complexity index is 1490. The summed E-state index contributed by atoms with van der Waals surface area (Å²) in [6, 6.07) is 2.68. The molecule has 2 aliphatic rings. The predicted octanol–water partition coefficient (Wildman–Crippen LogP) is 6.56. The molecular weight excluding hydrogens is 617 g/mol. The monoisotopic (exact) mass is 655 g/mol. The summed E-state index contributed by atoms with van der Waals surface area (Å²) in [5, 5.41) is 12.1. The summed E-state index contributed by atoms with van der Waals surface area (Å²) < 4.78 is 70.9. The largest absolute Gasteiger partial charge is 0.481 e. The second-order valence-electron chi connectivity index (χ2n) is 11.0. The number of benzene rings is 1. The van der Waals surface area contributed by atoms with E-state index in [1.165, 1.54) is 11.3 Å². The molecule has 0 bridgehead atoms. The van der Waals surface area contributed by atoms with Crippen LogP contribution in [0.5, 0.6) is 0 Å². The summed E-state index contributed by atoms with van der Waals surface area (Å²) in [4.78, 5) is 30.6. The van der Waals surface area contributed by atoms with Crippen LogP contribution in [0.3, 0.4) is 0 Å². The number of rotatable bonds is 10. The standard InChI is InChI=1S/C29H34F5N7O2S.CH4/c1-3-21-5-4-7-41(21)16-22-25(18-13-19(29(32,33)34)15-20(30)14-18)37-28(44-22)38-26-24(31)27(36-17(2)35-26)40-11-9-39(10-12-40)8-6-23(42)43;/h13-15,21H,3-12,16H2,1-2H3,(H,42,43)(H,35,36,37,38);1H4/t21-;/m1./s1. The highest BCUT2D eigenvalue weighted by molar-refractivity contribution is 7.16. The number of nitrogens with one attached hydrogen (secondary N) is 1. The van der Waals surface area contributed by atoms with Gasteiger partial charge in [0, 0.05) is 55.8 Å². The molecule has 9 nitrogen and oxygen atoms in total. The van der Waals surface area contributed by atoms with Crippen molar-refractivity contribution in [2.24, 2.45) is 0 Å². The number of aliphatic carboxylic acids is 1. The molecule has 0 saturated carbocycles. The summed E-state index contributed by atoms with van der Waals surface area (Å²) in [5.74, 6) is -2.34. The third kappa shape index (κ3) is 8.24. The number of anilines is 3. The lowest BCUT2D eigenvalue weighted by Gasteiger charge is -2.35. The van der Waals surface area contributed by atoms with Crippen LogP contribution in [0.25, 0.3) is 11.3 Å². The molecule has 2 saturated heterocycles. The van der Waals surface area contributed by atoms with Crippen molar-refractivity contribution in [3.05, 3.63) is 46.1 Å². The van der Waals surface area contributed by atoms with Crippen LogP contribution in [0.4, 0.5) is 38.7 Å². The second kappa shape index (κ2) is 14.3. The Morgan fingerprint density at radius 2 is 1.82 bits per heavy atom. The summed E-state index contributed by atoms with van der Waals surface area (Å²) >= 11 is 1.17. The molecule has 2 aromatic heterocycles. The number of alkyl halides is 3. The van der Waals surface area contributed by atoms with Crippen molar-refractivity contribution in [3.8, 4) is 11.3 Å². The van der Waals surface area contributed by atoms with Gasteiger partial charge in [-0.25, -0.2) is 19.3 Å². The fourth-order valence-electron chi connectivity index (χ4n) is 5.75. The molecule has 0 unspecified atom stereocenters. The van der Waals surface area contributed by atoms with Gasteiger partial charge in [-0.15, -0.1) is 0 Å². The van der Waals surface area contributed by atoms with Gasteiger partial charge < -0.3 is 15.3 Å². The lowest BCUT2D eigenvalue weighted by molar-refractivity contribution is -0.138. The van der Waals surface area contributed by atoms with Gasteiger partial charge in [-0.1, -0.05) is 25.7 Å². The summed E-state index contributed by atoms with van der Waals surface area (Å²) in [7, 11) is 0. The molecule has 2 aliphatic heterocycles. The molecule has 2 N–H and O–H groups in total. The first-order chi connectivity index (χ1) is 20.9. The first-order valence-corrected chi connectivity index (χ1v) is 15.3. The molecule has 1 aromatic carbocycles. The third-order valence-corrected chi connectivity index (χ3v) is 8.95. The second-order valence-corrected chi connectivity index (χ2v) is 12.1. The number of hydrogen-bond donors (Lipinski definition) is 2. The van der Waals surface area contributed by atoms with Gasteiger partial charge in [0.15, 0.2) is 16.8 Å². The lowest BCUT2D eigenvalue weighted by atomic mass is 10.1. The van der Waals surface area contributed by atoms with Crippen molar-refractivity contribution in [2.45, 2.75) is 65.7 Å².